The molecule has 2 rings (SSSR count). The van der Waals surface area contributed by atoms with E-state index >= 15 is 0 Å². The molecule has 10 heteroatoms. The van der Waals surface area contributed by atoms with E-state index in [0.717, 1.165) is 18.6 Å². The lowest BCUT2D eigenvalue weighted by molar-refractivity contribution is -0.384. The Morgan fingerprint density at radius 2 is 1.81 bits per heavy atom. The van der Waals surface area contributed by atoms with Gasteiger partial charge in [0.2, 0.25) is 14.9 Å². The lowest BCUT2D eigenvalue weighted by Gasteiger charge is -2.09. The number of rotatable bonds is 6. The smallest absolute Gasteiger partial charge is 0.271 e. The van der Waals surface area contributed by atoms with Gasteiger partial charge in [0.1, 0.15) is 11.4 Å². The summed E-state index contributed by atoms with van der Waals surface area (Å²) < 4.78 is 30.5. The van der Waals surface area contributed by atoms with Gasteiger partial charge in [-0.05, 0) is 25.1 Å². The van der Waals surface area contributed by atoms with Crippen LogP contribution >= 0.6 is 0 Å². The minimum atomic E-state index is -4.17. The molecule has 2 aromatic carbocycles. The molecule has 0 bridgehead atoms. The van der Waals surface area contributed by atoms with E-state index in [9.17, 15) is 23.3 Å². The number of sulfone groups is 1. The number of ether oxygens (including phenoxy) is 1. The average molecular weight is 391 g/mol. The number of hydrogen-bond acceptors (Lipinski definition) is 8. The summed E-state index contributed by atoms with van der Waals surface area (Å²) in [4.78, 5) is 22.1. The van der Waals surface area contributed by atoms with E-state index in [1.165, 1.54) is 31.4 Å². The number of non-ortho nitro benzene ring substituents is 1. The van der Waals surface area contributed by atoms with Gasteiger partial charge < -0.3 is 4.74 Å². The Labute approximate surface area is 155 Å². The topological polar surface area (TPSA) is 128 Å². The maximum absolute atomic E-state index is 12.7. The number of ketones is 1. The monoisotopic (exact) mass is 391 g/mol. The van der Waals surface area contributed by atoms with Crippen LogP contribution in [0.15, 0.2) is 52.5 Å². The average Bonchev–Trinajstić information content (AvgIpc) is 2.61. The number of nitro groups is 1. The van der Waals surface area contributed by atoms with Crippen LogP contribution < -0.4 is 10.2 Å². The first-order chi connectivity index (χ1) is 12.7. The van der Waals surface area contributed by atoms with Crippen LogP contribution in [0.5, 0.6) is 5.75 Å². The highest BCUT2D eigenvalue weighted by molar-refractivity contribution is 8.08. The fourth-order valence-corrected chi connectivity index (χ4v) is 3.43. The van der Waals surface area contributed by atoms with Crippen LogP contribution in [0.2, 0.25) is 0 Å². The van der Waals surface area contributed by atoms with Crippen molar-refractivity contribution in [1.29, 1.82) is 0 Å². The van der Waals surface area contributed by atoms with Crippen LogP contribution in [-0.2, 0) is 14.6 Å². The van der Waals surface area contributed by atoms with Gasteiger partial charge in [0, 0.05) is 19.1 Å². The van der Waals surface area contributed by atoms with Crippen molar-refractivity contribution in [2.45, 2.75) is 18.7 Å². The minimum absolute atomic E-state index is 0.0459. The summed E-state index contributed by atoms with van der Waals surface area (Å²) in [5.41, 5.74) is 3.04. The first-order valence-corrected chi connectivity index (χ1v) is 9.14. The number of benzene rings is 2. The molecule has 0 aliphatic heterocycles. The summed E-state index contributed by atoms with van der Waals surface area (Å²) in [7, 11) is -2.83. The lowest BCUT2D eigenvalue weighted by Crippen LogP contribution is -2.24. The van der Waals surface area contributed by atoms with E-state index in [4.69, 9.17) is 4.74 Å². The van der Waals surface area contributed by atoms with Gasteiger partial charge in [-0.3, -0.25) is 20.3 Å². The summed E-state index contributed by atoms with van der Waals surface area (Å²) in [6, 6.07) is 9.62. The second kappa shape index (κ2) is 7.96. The third-order valence-corrected chi connectivity index (χ3v) is 5.34. The highest BCUT2D eigenvalue weighted by atomic mass is 32.2. The summed E-state index contributed by atoms with van der Waals surface area (Å²) in [6.07, 6.45) is 0. The van der Waals surface area contributed by atoms with Crippen molar-refractivity contribution in [3.05, 3.63) is 58.1 Å². The van der Waals surface area contributed by atoms with E-state index in [-0.39, 0.29) is 22.0 Å². The number of hydrogen-bond donors (Lipinski definition) is 1. The van der Waals surface area contributed by atoms with Crippen LogP contribution in [0, 0.1) is 17.0 Å². The molecule has 2 aromatic rings. The third-order valence-electron chi connectivity index (χ3n) is 3.56. The molecule has 0 atom stereocenters. The van der Waals surface area contributed by atoms with Crippen LogP contribution in [0.1, 0.15) is 12.5 Å². The molecule has 0 saturated heterocycles. The van der Waals surface area contributed by atoms with Crippen molar-refractivity contribution in [2.75, 3.05) is 12.5 Å². The molecule has 0 fully saturated rings. The first kappa shape index (κ1) is 20.0. The maximum atomic E-state index is 12.7. The number of aryl methyl sites for hydroxylation is 1. The van der Waals surface area contributed by atoms with Crippen molar-refractivity contribution < 1.29 is 22.9 Å². The number of hydrazone groups is 1. The zero-order valence-electron chi connectivity index (χ0n) is 14.8. The molecule has 9 nitrogen and oxygen atoms in total. The van der Waals surface area contributed by atoms with E-state index in [2.05, 4.69) is 10.5 Å². The predicted molar refractivity (Wildman–Crippen MR) is 99.8 cm³/mol. The van der Waals surface area contributed by atoms with Crippen LogP contribution in [0.25, 0.3) is 0 Å². The molecule has 0 heterocycles. The van der Waals surface area contributed by atoms with Gasteiger partial charge in [0.15, 0.2) is 5.78 Å². The van der Waals surface area contributed by atoms with E-state index in [1.807, 2.05) is 0 Å². The van der Waals surface area contributed by atoms with Crippen LogP contribution in [-0.4, -0.2) is 31.3 Å². The quantitative estimate of drug-likeness (QED) is 0.347. The lowest BCUT2D eigenvalue weighted by atomic mass is 10.2. The number of methoxy groups -OCH3 is 1. The molecule has 0 aromatic heterocycles. The summed E-state index contributed by atoms with van der Waals surface area (Å²) >= 11 is 0. The Balaban J connectivity index is 2.48. The van der Waals surface area contributed by atoms with Gasteiger partial charge in [0.25, 0.3) is 5.69 Å². The molecule has 0 aliphatic rings. The molecule has 0 radical (unpaired) electrons. The van der Waals surface area contributed by atoms with Gasteiger partial charge >= 0.3 is 0 Å². The van der Waals surface area contributed by atoms with Crippen molar-refractivity contribution in [3.63, 3.8) is 0 Å². The van der Waals surface area contributed by atoms with Crippen molar-refractivity contribution in [1.82, 2.24) is 0 Å². The molecule has 0 aliphatic carbocycles. The standard InChI is InChI=1S/C17H17N3O6S/c1-11-4-7-14(8-5-11)27(24,25)17(12(2)21)19-18-15-10-13(20(22)23)6-9-16(15)26-3/h4-10,18H,1-3H3/b19-17-. The number of anilines is 1. The van der Waals surface area contributed by atoms with Crippen LogP contribution in [0.4, 0.5) is 11.4 Å². The highest BCUT2D eigenvalue weighted by Crippen LogP contribution is 2.29. The number of nitrogens with one attached hydrogen (secondary N) is 1. The zero-order chi connectivity index (χ0) is 20.2. The fraction of sp³-hybridized carbons (Fsp3) is 0.176. The number of nitro benzene ring substituents is 1. The molecule has 0 saturated carbocycles. The first-order valence-electron chi connectivity index (χ1n) is 7.65. The molecule has 0 spiro atoms. The Morgan fingerprint density at radius 1 is 1.19 bits per heavy atom. The van der Waals surface area contributed by atoms with Gasteiger partial charge in [-0.15, -0.1) is 0 Å². The number of Topliss-reactive ketones (excluding diaryl/α,β-unsaturated/α-hetero) is 1. The molecular formula is C17H17N3O6S. The van der Waals surface area contributed by atoms with Gasteiger partial charge in [0.05, 0.1) is 16.9 Å². The maximum Gasteiger partial charge on any atom is 0.271 e. The number of carbonyl (C=O) groups is 1. The molecule has 0 unspecified atom stereocenters. The van der Waals surface area contributed by atoms with Gasteiger partial charge in [-0.2, -0.15) is 5.10 Å². The fourth-order valence-electron chi connectivity index (χ4n) is 2.16. The molecule has 1 N–H and O–H groups in total. The third kappa shape index (κ3) is 4.47. The normalized spacial score (nSPS) is 11.7. The summed E-state index contributed by atoms with van der Waals surface area (Å²) in [6.45, 7) is 2.86. The number of carbonyl (C=O) groups excluding carboxylic acids is 1. The van der Waals surface area contributed by atoms with E-state index < -0.39 is 25.6 Å². The highest BCUT2D eigenvalue weighted by Gasteiger charge is 2.27. The molecular weight excluding hydrogens is 374 g/mol. The Kier molecular flexibility index (Phi) is 5.91. The zero-order valence-corrected chi connectivity index (χ0v) is 15.6. The molecule has 0 amide bonds. The molecule has 142 valence electrons. The SMILES string of the molecule is COc1ccc([N+](=O)[O-])cc1N/N=C(/C(C)=O)S(=O)(=O)c1ccc(C)cc1. The summed E-state index contributed by atoms with van der Waals surface area (Å²) in [5, 5.41) is 13.9. The predicted octanol–water partition coefficient (Wildman–Crippen LogP) is 2.70. The van der Waals surface area contributed by atoms with E-state index in [1.54, 1.807) is 19.1 Å². The van der Waals surface area contributed by atoms with Gasteiger partial charge in [-0.1, -0.05) is 17.7 Å². The van der Waals surface area contributed by atoms with Crippen LogP contribution in [0.3, 0.4) is 0 Å². The van der Waals surface area contributed by atoms with Crippen molar-refractivity contribution >= 4 is 32.0 Å². The van der Waals surface area contributed by atoms with E-state index in [0.29, 0.717) is 0 Å². The molecule has 27 heavy (non-hydrogen) atoms. The van der Waals surface area contributed by atoms with Gasteiger partial charge in [-0.25, -0.2) is 8.42 Å². The Hall–Kier alpha value is -3.27. The summed E-state index contributed by atoms with van der Waals surface area (Å²) in [5.74, 6) is -0.590. The Morgan fingerprint density at radius 3 is 2.33 bits per heavy atom. The van der Waals surface area contributed by atoms with Crippen molar-refractivity contribution in [3.8, 4) is 5.75 Å². The van der Waals surface area contributed by atoms with Crippen molar-refractivity contribution in [2.24, 2.45) is 5.10 Å². The largest absolute Gasteiger partial charge is 0.495 e. The second-order valence-electron chi connectivity index (χ2n) is 5.54. The minimum Gasteiger partial charge on any atom is -0.495 e. The second-order valence-corrected chi connectivity index (χ2v) is 7.41. The Bertz CT molecular complexity index is 1010. The number of nitrogens with zero attached hydrogens (tertiary/aromatic N) is 2.